The van der Waals surface area contributed by atoms with Crippen molar-refractivity contribution in [1.82, 2.24) is 19.5 Å². The Morgan fingerprint density at radius 3 is 1.93 bits per heavy atom. The molecule has 0 aliphatic rings. The second-order valence-corrected chi connectivity index (χ2v) is 15.4. The molecule has 0 spiro atoms. The molecule has 0 saturated heterocycles. The standard InChI is InChI=1S/C51H30N4OS/c1-3-13-31(14-4-1)49-52-50(54-51(53-49)39-20-11-22-42-47(39)37-17-7-9-21-41(37)55(42)34-15-5-2-6-16-34)33-25-27-36-40-29-32(26-28-43(40)56-44(36)30-33)35-19-12-24-46-48(35)38-18-8-10-23-45(38)57-46/h1-30H. The highest BCUT2D eigenvalue weighted by Gasteiger charge is 2.20. The van der Waals surface area contributed by atoms with E-state index in [0.717, 1.165) is 66.1 Å². The largest absolute Gasteiger partial charge is 0.456 e. The number of thiophene rings is 1. The quantitative estimate of drug-likeness (QED) is 0.176. The van der Waals surface area contributed by atoms with Crippen molar-refractivity contribution in [3.63, 3.8) is 0 Å². The summed E-state index contributed by atoms with van der Waals surface area (Å²) in [4.78, 5) is 15.5. The topological polar surface area (TPSA) is 56.7 Å². The predicted octanol–water partition coefficient (Wildman–Crippen LogP) is 13.9. The SMILES string of the molecule is c1ccc(-c2nc(-c3ccc4c(c3)oc3ccc(-c5cccc6sc7ccccc7c56)cc34)nc(-c3cccc4c3c3ccccc3n4-c3ccccc3)n2)cc1. The van der Waals surface area contributed by atoms with E-state index in [0.29, 0.717) is 17.5 Å². The Morgan fingerprint density at radius 2 is 1.05 bits per heavy atom. The number of nitrogens with zero attached hydrogens (tertiary/aromatic N) is 4. The van der Waals surface area contributed by atoms with E-state index in [1.54, 1.807) is 0 Å². The second kappa shape index (κ2) is 12.6. The number of hydrogen-bond acceptors (Lipinski definition) is 5. The molecule has 0 saturated carbocycles. The average molecular weight is 747 g/mol. The molecule has 6 heteroatoms. The van der Waals surface area contributed by atoms with E-state index in [4.69, 9.17) is 19.4 Å². The number of para-hydroxylation sites is 2. The third-order valence-corrected chi connectivity index (χ3v) is 12.2. The Hall–Kier alpha value is -7.41. The third-order valence-electron chi connectivity index (χ3n) is 11.1. The van der Waals surface area contributed by atoms with Crippen molar-refractivity contribution in [3.8, 4) is 51.0 Å². The number of aromatic nitrogens is 4. The summed E-state index contributed by atoms with van der Waals surface area (Å²) in [5, 5.41) is 6.96. The summed E-state index contributed by atoms with van der Waals surface area (Å²) in [6.45, 7) is 0. The van der Waals surface area contributed by atoms with Crippen LogP contribution >= 0.6 is 11.3 Å². The maximum Gasteiger partial charge on any atom is 0.164 e. The Kier molecular flexibility index (Phi) is 7.03. The molecule has 0 aliphatic heterocycles. The molecule has 4 heterocycles. The zero-order valence-corrected chi connectivity index (χ0v) is 31.2. The lowest BCUT2D eigenvalue weighted by Crippen LogP contribution is -2.00. The predicted molar refractivity (Wildman–Crippen MR) is 236 cm³/mol. The van der Waals surface area contributed by atoms with Crippen molar-refractivity contribution < 1.29 is 4.42 Å². The molecule has 0 radical (unpaired) electrons. The lowest BCUT2D eigenvalue weighted by Gasteiger charge is -2.10. The highest BCUT2D eigenvalue weighted by atomic mass is 32.1. The second-order valence-electron chi connectivity index (χ2n) is 14.4. The van der Waals surface area contributed by atoms with Crippen LogP contribution < -0.4 is 0 Å². The maximum absolute atomic E-state index is 6.56. The van der Waals surface area contributed by atoms with Crippen LogP contribution in [0.5, 0.6) is 0 Å². The van der Waals surface area contributed by atoms with Gasteiger partial charge in [-0.15, -0.1) is 11.3 Å². The number of furan rings is 1. The smallest absolute Gasteiger partial charge is 0.164 e. The Bertz CT molecular complexity index is 3530. The Morgan fingerprint density at radius 1 is 0.386 bits per heavy atom. The summed E-state index contributed by atoms with van der Waals surface area (Å²) in [5.74, 6) is 1.82. The van der Waals surface area contributed by atoms with Gasteiger partial charge in [0.2, 0.25) is 0 Å². The van der Waals surface area contributed by atoms with Crippen molar-refractivity contribution in [2.45, 2.75) is 0 Å². The summed E-state index contributed by atoms with van der Waals surface area (Å²) < 4.78 is 11.5. The molecule has 0 aliphatic carbocycles. The molecule has 8 aromatic carbocycles. The van der Waals surface area contributed by atoms with Crippen LogP contribution in [0, 0.1) is 0 Å². The monoisotopic (exact) mass is 746 g/mol. The van der Waals surface area contributed by atoms with Crippen molar-refractivity contribution in [3.05, 3.63) is 182 Å². The van der Waals surface area contributed by atoms with Crippen LogP contribution in [0.25, 0.3) is 115 Å². The van der Waals surface area contributed by atoms with Crippen molar-refractivity contribution in [2.75, 3.05) is 0 Å². The molecule has 0 N–H and O–H groups in total. The number of fused-ring (bicyclic) bond motifs is 9. The normalized spacial score (nSPS) is 11.9. The molecule has 5 nitrogen and oxygen atoms in total. The van der Waals surface area contributed by atoms with Gasteiger partial charge in [0.1, 0.15) is 11.2 Å². The van der Waals surface area contributed by atoms with E-state index in [1.807, 2.05) is 47.7 Å². The van der Waals surface area contributed by atoms with Crippen LogP contribution in [0.2, 0.25) is 0 Å². The first-order valence-electron chi connectivity index (χ1n) is 19.0. The number of rotatable bonds is 5. The fourth-order valence-electron chi connectivity index (χ4n) is 8.50. The van der Waals surface area contributed by atoms with Crippen molar-refractivity contribution in [2.24, 2.45) is 0 Å². The number of hydrogen-bond donors (Lipinski definition) is 0. The minimum absolute atomic E-state index is 0.585. The molecule has 0 atom stereocenters. The van der Waals surface area contributed by atoms with Gasteiger partial charge in [-0.05, 0) is 71.8 Å². The minimum atomic E-state index is 0.585. The highest BCUT2D eigenvalue weighted by molar-refractivity contribution is 7.25. The molecule has 12 aromatic rings. The first-order chi connectivity index (χ1) is 28.2. The first-order valence-corrected chi connectivity index (χ1v) is 19.8. The third kappa shape index (κ3) is 5.04. The molecule has 4 aromatic heterocycles. The van der Waals surface area contributed by atoms with Gasteiger partial charge in [-0.3, -0.25) is 0 Å². The van der Waals surface area contributed by atoms with Crippen molar-refractivity contribution in [1.29, 1.82) is 0 Å². The van der Waals surface area contributed by atoms with E-state index < -0.39 is 0 Å². The first kappa shape index (κ1) is 31.9. The van der Waals surface area contributed by atoms with Gasteiger partial charge in [0.25, 0.3) is 0 Å². The summed E-state index contributed by atoms with van der Waals surface area (Å²) in [5.41, 5.74) is 10.1. The van der Waals surface area contributed by atoms with E-state index >= 15 is 0 Å². The lowest BCUT2D eigenvalue weighted by molar-refractivity contribution is 0.669. The zero-order chi connectivity index (χ0) is 37.5. The molecular weight excluding hydrogens is 717 g/mol. The summed E-state index contributed by atoms with van der Waals surface area (Å²) in [7, 11) is 0. The molecule has 266 valence electrons. The van der Waals surface area contributed by atoms with E-state index in [9.17, 15) is 0 Å². The number of benzene rings is 8. The van der Waals surface area contributed by atoms with Crippen LogP contribution in [-0.4, -0.2) is 19.5 Å². The summed E-state index contributed by atoms with van der Waals surface area (Å²) >= 11 is 1.84. The van der Waals surface area contributed by atoms with Crippen LogP contribution in [-0.2, 0) is 0 Å². The van der Waals surface area contributed by atoms with Gasteiger partial charge in [-0.25, -0.2) is 15.0 Å². The molecule has 0 bridgehead atoms. The molecule has 12 rings (SSSR count). The highest BCUT2D eigenvalue weighted by Crippen LogP contribution is 2.42. The van der Waals surface area contributed by atoms with Gasteiger partial charge in [0.05, 0.1) is 11.0 Å². The summed E-state index contributed by atoms with van der Waals surface area (Å²) in [6, 6.07) is 63.7. The van der Waals surface area contributed by atoms with Crippen molar-refractivity contribution >= 4 is 75.3 Å². The van der Waals surface area contributed by atoms with Crippen LogP contribution in [0.4, 0.5) is 0 Å². The molecular formula is C51H30N4OS. The zero-order valence-electron chi connectivity index (χ0n) is 30.4. The Labute approximate surface area is 330 Å². The van der Waals surface area contributed by atoms with Gasteiger partial charge in [-0.1, -0.05) is 121 Å². The van der Waals surface area contributed by atoms with Crippen LogP contribution in [0.3, 0.4) is 0 Å². The lowest BCUT2D eigenvalue weighted by atomic mass is 9.98. The van der Waals surface area contributed by atoms with Gasteiger partial charge >= 0.3 is 0 Å². The van der Waals surface area contributed by atoms with Gasteiger partial charge in [0.15, 0.2) is 17.5 Å². The van der Waals surface area contributed by atoms with E-state index in [2.05, 4.69) is 150 Å². The molecule has 57 heavy (non-hydrogen) atoms. The van der Waals surface area contributed by atoms with Gasteiger partial charge in [0, 0.05) is 64.1 Å². The fourth-order valence-corrected chi connectivity index (χ4v) is 9.63. The molecule has 0 amide bonds. The minimum Gasteiger partial charge on any atom is -0.456 e. The van der Waals surface area contributed by atoms with Crippen LogP contribution in [0.15, 0.2) is 186 Å². The average Bonchev–Trinajstić information content (AvgIpc) is 3.96. The van der Waals surface area contributed by atoms with Gasteiger partial charge in [-0.2, -0.15) is 0 Å². The summed E-state index contributed by atoms with van der Waals surface area (Å²) in [6.07, 6.45) is 0. The molecule has 0 fully saturated rings. The van der Waals surface area contributed by atoms with Crippen LogP contribution in [0.1, 0.15) is 0 Å². The fraction of sp³-hybridized carbons (Fsp3) is 0. The maximum atomic E-state index is 6.56. The van der Waals surface area contributed by atoms with E-state index in [-0.39, 0.29) is 0 Å². The molecule has 0 unspecified atom stereocenters. The van der Waals surface area contributed by atoms with Gasteiger partial charge < -0.3 is 8.98 Å². The van der Waals surface area contributed by atoms with E-state index in [1.165, 1.54) is 31.3 Å². The Balaban J connectivity index is 1.03.